The highest BCUT2D eigenvalue weighted by atomic mass is 31.2. The minimum absolute atomic E-state index is 0.241. The lowest BCUT2D eigenvalue weighted by molar-refractivity contribution is 0.150. The number of benzene rings is 2. The summed E-state index contributed by atoms with van der Waals surface area (Å²) in [7, 11) is -3.55. The maximum Gasteiger partial charge on any atom is 0.364 e. The van der Waals surface area contributed by atoms with Crippen LogP contribution in [0.25, 0.3) is 22.0 Å². The Morgan fingerprint density at radius 1 is 0.846 bits per heavy atom. The van der Waals surface area contributed by atoms with E-state index in [1.165, 1.54) is 0 Å². The zero-order valence-electron chi connectivity index (χ0n) is 15.5. The molecule has 0 aliphatic carbocycles. The number of fused-ring (bicyclic) bond motifs is 1. The Labute approximate surface area is 154 Å². The van der Waals surface area contributed by atoms with Crippen LogP contribution in [0.5, 0.6) is 0 Å². The first kappa shape index (κ1) is 18.8. The Morgan fingerprint density at radius 3 is 2.04 bits per heavy atom. The molecule has 0 radical (unpaired) electrons. The van der Waals surface area contributed by atoms with Crippen molar-refractivity contribution in [2.75, 3.05) is 0 Å². The van der Waals surface area contributed by atoms with Crippen molar-refractivity contribution in [2.24, 2.45) is 0 Å². The number of pyridine rings is 1. The number of rotatable bonds is 6. The van der Waals surface area contributed by atoms with Gasteiger partial charge in [0.2, 0.25) is 0 Å². The highest BCUT2D eigenvalue weighted by molar-refractivity contribution is 7.62. The standard InChI is InChI=1S/C21H24NO3P/c1-15(2)24-26(23,25-16(3)4)20-14-22-19-13-9-8-12-18(19)21(20)17-10-6-5-7-11-17/h5-16H,1-4H3. The van der Waals surface area contributed by atoms with Gasteiger partial charge in [-0.2, -0.15) is 0 Å². The van der Waals surface area contributed by atoms with Gasteiger partial charge in [-0.25, -0.2) is 0 Å². The number of aromatic nitrogens is 1. The van der Waals surface area contributed by atoms with Crippen molar-refractivity contribution >= 4 is 23.8 Å². The molecule has 0 aliphatic rings. The summed E-state index contributed by atoms with van der Waals surface area (Å²) in [6.45, 7) is 7.42. The zero-order valence-corrected chi connectivity index (χ0v) is 16.4. The van der Waals surface area contributed by atoms with E-state index >= 15 is 0 Å². The molecule has 0 atom stereocenters. The van der Waals surface area contributed by atoms with Crippen molar-refractivity contribution in [2.45, 2.75) is 39.9 Å². The van der Waals surface area contributed by atoms with E-state index < -0.39 is 7.60 Å². The maximum atomic E-state index is 13.8. The predicted molar refractivity (Wildman–Crippen MR) is 107 cm³/mol. The van der Waals surface area contributed by atoms with Crippen LogP contribution in [-0.2, 0) is 13.6 Å². The van der Waals surface area contributed by atoms with Crippen molar-refractivity contribution < 1.29 is 13.6 Å². The zero-order chi connectivity index (χ0) is 18.7. The SMILES string of the molecule is CC(C)OP(=O)(OC(C)C)c1cnc2ccccc2c1-c1ccccc1. The molecule has 0 spiro atoms. The first-order valence-corrected chi connectivity index (χ1v) is 10.4. The van der Waals surface area contributed by atoms with Gasteiger partial charge in [-0.15, -0.1) is 0 Å². The van der Waals surface area contributed by atoms with Crippen molar-refractivity contribution in [3.63, 3.8) is 0 Å². The van der Waals surface area contributed by atoms with Crippen LogP contribution in [0.4, 0.5) is 0 Å². The van der Waals surface area contributed by atoms with E-state index in [4.69, 9.17) is 9.05 Å². The lowest BCUT2D eigenvalue weighted by Gasteiger charge is -2.25. The fourth-order valence-electron chi connectivity index (χ4n) is 2.94. The second-order valence-corrected chi connectivity index (χ2v) is 8.61. The highest BCUT2D eigenvalue weighted by Crippen LogP contribution is 2.52. The number of nitrogens with zero attached hydrogens (tertiary/aromatic N) is 1. The number of hydrogen-bond donors (Lipinski definition) is 0. The molecule has 26 heavy (non-hydrogen) atoms. The molecule has 1 heterocycles. The van der Waals surface area contributed by atoms with Gasteiger partial charge in [0.25, 0.3) is 0 Å². The average molecular weight is 369 g/mol. The van der Waals surface area contributed by atoms with Crippen molar-refractivity contribution in [3.05, 3.63) is 60.8 Å². The molecule has 0 saturated carbocycles. The van der Waals surface area contributed by atoms with Gasteiger partial charge in [-0.05, 0) is 39.3 Å². The van der Waals surface area contributed by atoms with Gasteiger partial charge >= 0.3 is 7.60 Å². The van der Waals surface area contributed by atoms with Gasteiger partial charge in [0, 0.05) is 17.1 Å². The molecule has 3 aromatic rings. The quantitative estimate of drug-likeness (QED) is 0.533. The smallest absolute Gasteiger partial charge is 0.302 e. The summed E-state index contributed by atoms with van der Waals surface area (Å²) in [6, 6.07) is 17.7. The molecule has 1 aromatic heterocycles. The second kappa shape index (κ2) is 7.71. The summed E-state index contributed by atoms with van der Waals surface area (Å²) in [6.07, 6.45) is 1.15. The van der Waals surface area contributed by atoms with Gasteiger partial charge in [0.15, 0.2) is 0 Å². The first-order valence-electron chi connectivity index (χ1n) is 8.81. The lowest BCUT2D eigenvalue weighted by atomic mass is 10.0. The largest absolute Gasteiger partial charge is 0.364 e. The summed E-state index contributed by atoms with van der Waals surface area (Å²) in [5.74, 6) is 0. The molecule has 136 valence electrons. The number of para-hydroxylation sites is 1. The fraction of sp³-hybridized carbons (Fsp3) is 0.286. The van der Waals surface area contributed by atoms with Crippen LogP contribution in [0.3, 0.4) is 0 Å². The van der Waals surface area contributed by atoms with E-state index in [9.17, 15) is 4.57 Å². The lowest BCUT2D eigenvalue weighted by Crippen LogP contribution is -2.19. The Bertz CT molecular complexity index is 924. The third kappa shape index (κ3) is 3.88. The van der Waals surface area contributed by atoms with Crippen LogP contribution >= 0.6 is 7.60 Å². The highest BCUT2D eigenvalue weighted by Gasteiger charge is 2.34. The van der Waals surface area contributed by atoms with E-state index in [0.29, 0.717) is 5.30 Å². The Balaban J connectivity index is 2.32. The van der Waals surface area contributed by atoms with Gasteiger partial charge in [0.05, 0.1) is 23.0 Å². The third-order valence-electron chi connectivity index (χ3n) is 3.81. The molecule has 2 aromatic carbocycles. The maximum absolute atomic E-state index is 13.8. The van der Waals surface area contributed by atoms with Gasteiger partial charge in [0.1, 0.15) is 0 Å². The summed E-state index contributed by atoms with van der Waals surface area (Å²) >= 11 is 0. The monoisotopic (exact) mass is 369 g/mol. The summed E-state index contributed by atoms with van der Waals surface area (Å²) in [5.41, 5.74) is 2.65. The van der Waals surface area contributed by atoms with E-state index in [2.05, 4.69) is 4.98 Å². The van der Waals surface area contributed by atoms with Gasteiger partial charge in [-0.1, -0.05) is 48.5 Å². The molecule has 0 unspecified atom stereocenters. The number of hydrogen-bond acceptors (Lipinski definition) is 4. The van der Waals surface area contributed by atoms with Crippen LogP contribution in [0.15, 0.2) is 60.8 Å². The Kier molecular flexibility index (Phi) is 5.57. The van der Waals surface area contributed by atoms with E-state index in [1.54, 1.807) is 6.20 Å². The minimum atomic E-state index is -3.55. The first-order chi connectivity index (χ1) is 12.4. The van der Waals surface area contributed by atoms with Crippen LogP contribution in [0.1, 0.15) is 27.7 Å². The minimum Gasteiger partial charge on any atom is -0.302 e. The molecule has 4 nitrogen and oxygen atoms in total. The van der Waals surface area contributed by atoms with E-state index in [1.807, 2.05) is 82.3 Å². The van der Waals surface area contributed by atoms with Crippen LogP contribution in [-0.4, -0.2) is 17.2 Å². The van der Waals surface area contributed by atoms with Crippen molar-refractivity contribution in [3.8, 4) is 11.1 Å². The van der Waals surface area contributed by atoms with Crippen LogP contribution in [0, 0.1) is 0 Å². The summed E-state index contributed by atoms with van der Waals surface area (Å²) in [4.78, 5) is 4.52. The molecule has 5 heteroatoms. The van der Waals surface area contributed by atoms with Gasteiger partial charge in [-0.3, -0.25) is 9.55 Å². The second-order valence-electron chi connectivity index (χ2n) is 6.71. The third-order valence-corrected chi connectivity index (χ3v) is 6.14. The molecule has 0 N–H and O–H groups in total. The molecule has 0 amide bonds. The molecule has 0 saturated heterocycles. The van der Waals surface area contributed by atoms with Crippen molar-refractivity contribution in [1.82, 2.24) is 4.98 Å². The fourth-order valence-corrected chi connectivity index (χ4v) is 5.05. The molecule has 0 bridgehead atoms. The van der Waals surface area contributed by atoms with Crippen LogP contribution < -0.4 is 5.30 Å². The Hall–Kier alpha value is -2.00. The molecular formula is C21H24NO3P. The molecule has 0 fully saturated rings. The Morgan fingerprint density at radius 2 is 1.42 bits per heavy atom. The molecule has 0 aliphatic heterocycles. The molecule has 3 rings (SSSR count). The van der Waals surface area contributed by atoms with Crippen LogP contribution in [0.2, 0.25) is 0 Å². The topological polar surface area (TPSA) is 48.4 Å². The summed E-state index contributed by atoms with van der Waals surface area (Å²) in [5, 5.41) is 1.43. The normalized spacial score (nSPS) is 12.2. The van der Waals surface area contributed by atoms with Crippen molar-refractivity contribution in [1.29, 1.82) is 0 Å². The molecular weight excluding hydrogens is 345 g/mol. The predicted octanol–water partition coefficient (Wildman–Crippen LogP) is 5.57. The van der Waals surface area contributed by atoms with E-state index in [-0.39, 0.29) is 12.2 Å². The summed E-state index contributed by atoms with van der Waals surface area (Å²) < 4.78 is 25.5. The van der Waals surface area contributed by atoms with Gasteiger partial charge < -0.3 is 9.05 Å². The van der Waals surface area contributed by atoms with E-state index in [0.717, 1.165) is 22.0 Å². The average Bonchev–Trinajstić information content (AvgIpc) is 2.60.